The molecule has 1 N–H and O–H groups in total. The van der Waals surface area contributed by atoms with E-state index in [1.165, 1.54) is 17.0 Å². The molecule has 1 aliphatic heterocycles. The van der Waals surface area contributed by atoms with Gasteiger partial charge in [0.2, 0.25) is 10.0 Å². The van der Waals surface area contributed by atoms with Crippen molar-refractivity contribution in [2.24, 2.45) is 0 Å². The van der Waals surface area contributed by atoms with Gasteiger partial charge in [-0.15, -0.1) is 0 Å². The molecule has 1 atom stereocenters. The molecule has 1 heterocycles. The number of benzene rings is 1. The van der Waals surface area contributed by atoms with Crippen molar-refractivity contribution >= 4 is 16.1 Å². The van der Waals surface area contributed by atoms with E-state index in [1.54, 1.807) is 27.7 Å². The van der Waals surface area contributed by atoms with Gasteiger partial charge in [0.25, 0.3) is 0 Å². The Morgan fingerprint density at radius 1 is 1.38 bits per heavy atom. The van der Waals surface area contributed by atoms with E-state index in [0.29, 0.717) is 18.5 Å². The Hall–Kier alpha value is -1.67. The number of carbonyl (C=O) groups excluding carboxylic acids is 1. The number of hydrogen-bond acceptors (Lipinski definition) is 4. The van der Waals surface area contributed by atoms with Crippen LogP contribution in [0.25, 0.3) is 0 Å². The molecule has 0 aromatic heterocycles. The van der Waals surface area contributed by atoms with Crippen LogP contribution in [0.5, 0.6) is 0 Å². The first-order valence-corrected chi connectivity index (χ1v) is 9.23. The van der Waals surface area contributed by atoms with Gasteiger partial charge >= 0.3 is 6.09 Å². The smallest absolute Gasteiger partial charge is 0.410 e. The zero-order valence-electron chi connectivity index (χ0n) is 14.3. The van der Waals surface area contributed by atoms with Crippen molar-refractivity contribution in [3.63, 3.8) is 0 Å². The van der Waals surface area contributed by atoms with Gasteiger partial charge in [-0.25, -0.2) is 22.3 Å². The zero-order valence-corrected chi connectivity index (χ0v) is 15.1. The predicted molar refractivity (Wildman–Crippen MR) is 87.7 cm³/mol. The molecule has 1 aromatic carbocycles. The summed E-state index contributed by atoms with van der Waals surface area (Å²) in [7, 11) is -3.84. The Morgan fingerprint density at radius 2 is 2.04 bits per heavy atom. The number of sulfonamides is 1. The lowest BCUT2D eigenvalue weighted by Crippen LogP contribution is -2.40. The maximum atomic E-state index is 13.6. The molecule has 0 unspecified atom stereocenters. The van der Waals surface area contributed by atoms with E-state index >= 15 is 0 Å². The number of nitrogens with one attached hydrogen (secondary N) is 1. The number of aryl methyl sites for hydroxylation is 1. The van der Waals surface area contributed by atoms with Gasteiger partial charge in [-0.2, -0.15) is 0 Å². The zero-order chi connectivity index (χ0) is 18.1. The average Bonchev–Trinajstić information content (AvgIpc) is 2.87. The average molecular weight is 358 g/mol. The second-order valence-corrected chi connectivity index (χ2v) is 8.66. The maximum Gasteiger partial charge on any atom is 0.410 e. The van der Waals surface area contributed by atoms with E-state index in [9.17, 15) is 17.6 Å². The third-order valence-corrected chi connectivity index (χ3v) is 5.13. The van der Waals surface area contributed by atoms with Gasteiger partial charge in [-0.05, 0) is 51.8 Å². The SMILES string of the molecule is Cc1ccc(S(=O)(=O)N[C@@H]2CCN(C(=O)OC(C)(C)C)C2)cc1F. The minimum absolute atomic E-state index is 0.124. The highest BCUT2D eigenvalue weighted by atomic mass is 32.2. The summed E-state index contributed by atoms with van der Waals surface area (Å²) in [5.41, 5.74) is -0.223. The van der Waals surface area contributed by atoms with E-state index in [4.69, 9.17) is 4.74 Å². The molecule has 1 aliphatic rings. The summed E-state index contributed by atoms with van der Waals surface area (Å²) >= 11 is 0. The summed E-state index contributed by atoms with van der Waals surface area (Å²) < 4.78 is 46.1. The van der Waals surface area contributed by atoms with Gasteiger partial charge in [0, 0.05) is 19.1 Å². The van der Waals surface area contributed by atoms with Gasteiger partial charge in [-0.3, -0.25) is 0 Å². The molecule has 1 aromatic rings. The van der Waals surface area contributed by atoms with Crippen LogP contribution >= 0.6 is 0 Å². The highest BCUT2D eigenvalue weighted by Gasteiger charge is 2.32. The van der Waals surface area contributed by atoms with Crippen LogP contribution in [0.3, 0.4) is 0 Å². The first kappa shape index (κ1) is 18.7. The Kier molecular flexibility index (Phi) is 5.19. The molecule has 0 bridgehead atoms. The van der Waals surface area contributed by atoms with E-state index < -0.39 is 33.6 Å². The van der Waals surface area contributed by atoms with Gasteiger partial charge in [0.15, 0.2) is 0 Å². The molecule has 0 radical (unpaired) electrons. The number of amides is 1. The largest absolute Gasteiger partial charge is 0.444 e. The van der Waals surface area contributed by atoms with Gasteiger partial charge in [-0.1, -0.05) is 6.07 Å². The van der Waals surface area contributed by atoms with E-state index in [2.05, 4.69) is 4.72 Å². The van der Waals surface area contributed by atoms with Crippen molar-refractivity contribution in [1.82, 2.24) is 9.62 Å². The molecule has 1 saturated heterocycles. The van der Waals surface area contributed by atoms with Crippen molar-refractivity contribution < 1.29 is 22.3 Å². The normalized spacial score (nSPS) is 18.7. The summed E-state index contributed by atoms with van der Waals surface area (Å²) in [6, 6.07) is 3.36. The highest BCUT2D eigenvalue weighted by Crippen LogP contribution is 2.19. The van der Waals surface area contributed by atoms with E-state index in [-0.39, 0.29) is 11.4 Å². The van der Waals surface area contributed by atoms with Crippen molar-refractivity contribution in [1.29, 1.82) is 0 Å². The first-order chi connectivity index (χ1) is 11.0. The Morgan fingerprint density at radius 3 is 2.62 bits per heavy atom. The van der Waals surface area contributed by atoms with Crippen LogP contribution in [0, 0.1) is 12.7 Å². The van der Waals surface area contributed by atoms with Crippen molar-refractivity contribution in [3.05, 3.63) is 29.6 Å². The number of nitrogens with zero attached hydrogens (tertiary/aromatic N) is 1. The van der Waals surface area contributed by atoms with Crippen molar-refractivity contribution in [3.8, 4) is 0 Å². The lowest BCUT2D eigenvalue weighted by Gasteiger charge is -2.24. The third kappa shape index (κ3) is 4.67. The number of ether oxygens (including phenoxy) is 1. The van der Waals surface area contributed by atoms with Crippen molar-refractivity contribution in [2.75, 3.05) is 13.1 Å². The number of halogens is 1. The van der Waals surface area contributed by atoms with E-state index in [1.807, 2.05) is 0 Å². The quantitative estimate of drug-likeness (QED) is 0.900. The molecular weight excluding hydrogens is 335 g/mol. The highest BCUT2D eigenvalue weighted by molar-refractivity contribution is 7.89. The molecular formula is C16H23FN2O4S. The Bertz CT molecular complexity index is 728. The van der Waals surface area contributed by atoms with Crippen LogP contribution in [0.4, 0.5) is 9.18 Å². The second-order valence-electron chi connectivity index (χ2n) is 6.94. The maximum absolute atomic E-state index is 13.6. The van der Waals surface area contributed by atoms with Gasteiger partial charge < -0.3 is 9.64 Å². The first-order valence-electron chi connectivity index (χ1n) is 7.74. The number of rotatable bonds is 3. The van der Waals surface area contributed by atoms with Crippen LogP contribution < -0.4 is 4.72 Å². The fourth-order valence-corrected chi connectivity index (χ4v) is 3.65. The molecule has 1 fully saturated rings. The molecule has 134 valence electrons. The number of hydrogen-bond donors (Lipinski definition) is 1. The molecule has 8 heteroatoms. The monoisotopic (exact) mass is 358 g/mol. The lowest BCUT2D eigenvalue weighted by atomic mass is 10.2. The second kappa shape index (κ2) is 6.68. The molecule has 1 amide bonds. The minimum atomic E-state index is -3.84. The molecule has 6 nitrogen and oxygen atoms in total. The number of likely N-dealkylation sites (tertiary alicyclic amines) is 1. The Balaban J connectivity index is 2.01. The molecule has 0 aliphatic carbocycles. The van der Waals surface area contributed by atoms with Gasteiger partial charge in [0.05, 0.1) is 4.90 Å². The van der Waals surface area contributed by atoms with Gasteiger partial charge in [0.1, 0.15) is 11.4 Å². The van der Waals surface area contributed by atoms with Crippen LogP contribution in [0.15, 0.2) is 23.1 Å². The molecule has 2 rings (SSSR count). The third-order valence-electron chi connectivity index (χ3n) is 3.62. The van der Waals surface area contributed by atoms with Crippen molar-refractivity contribution in [2.45, 2.75) is 50.7 Å². The summed E-state index contributed by atoms with van der Waals surface area (Å²) in [6.07, 6.45) is 0.0119. The minimum Gasteiger partial charge on any atom is -0.444 e. The fraction of sp³-hybridized carbons (Fsp3) is 0.562. The standard InChI is InChI=1S/C16H23FN2O4S/c1-11-5-6-13(9-14(11)17)24(21,22)18-12-7-8-19(10-12)15(20)23-16(2,3)4/h5-6,9,12,18H,7-8,10H2,1-4H3/t12-/m1/s1. The molecule has 0 saturated carbocycles. The topological polar surface area (TPSA) is 75.7 Å². The molecule has 0 spiro atoms. The lowest BCUT2D eigenvalue weighted by molar-refractivity contribution is 0.0292. The number of carbonyl (C=O) groups is 1. The molecule has 24 heavy (non-hydrogen) atoms. The summed E-state index contributed by atoms with van der Waals surface area (Å²) in [4.78, 5) is 13.3. The summed E-state index contributed by atoms with van der Waals surface area (Å²) in [5.74, 6) is -0.570. The summed E-state index contributed by atoms with van der Waals surface area (Å²) in [5, 5.41) is 0. The van der Waals surface area contributed by atoms with E-state index in [0.717, 1.165) is 6.07 Å². The van der Waals surface area contributed by atoms with Crippen LogP contribution in [0.1, 0.15) is 32.8 Å². The Labute approximate surface area is 142 Å². The van der Waals surface area contributed by atoms with Crippen LogP contribution in [-0.2, 0) is 14.8 Å². The summed E-state index contributed by atoms with van der Waals surface area (Å²) in [6.45, 7) is 7.51. The predicted octanol–water partition coefficient (Wildman–Crippen LogP) is 2.42. The van der Waals surface area contributed by atoms with Crippen LogP contribution in [0.2, 0.25) is 0 Å². The van der Waals surface area contributed by atoms with Crippen LogP contribution in [-0.4, -0.2) is 44.1 Å². The fourth-order valence-electron chi connectivity index (χ4n) is 2.38.